The summed E-state index contributed by atoms with van der Waals surface area (Å²) >= 11 is 0. The molecular weight excluding hydrogens is 394 g/mol. The van der Waals surface area contributed by atoms with Crippen LogP contribution in [0.4, 0.5) is 4.39 Å². The molecule has 3 rings (SSSR count). The number of pyridine rings is 1. The Morgan fingerprint density at radius 3 is 2.37 bits per heavy atom. The highest BCUT2D eigenvalue weighted by atomic mass is 35.5. The van der Waals surface area contributed by atoms with Crippen LogP contribution in [0, 0.1) is 11.2 Å². The molecule has 0 radical (unpaired) electrons. The van der Waals surface area contributed by atoms with Gasteiger partial charge in [0.1, 0.15) is 11.6 Å². The number of hydrogen-bond donors (Lipinski definition) is 3. The summed E-state index contributed by atoms with van der Waals surface area (Å²) in [5.74, 6) is 0.406. The summed E-state index contributed by atoms with van der Waals surface area (Å²) in [5.41, 5.74) is 0.609. The first kappa shape index (κ1) is 23.6. The van der Waals surface area contributed by atoms with E-state index in [0.717, 1.165) is 5.56 Å². The van der Waals surface area contributed by atoms with Gasteiger partial charge >= 0.3 is 0 Å². The zero-order chi connectivity index (χ0) is 17.7. The number of ether oxygens (including phenoxy) is 1. The third kappa shape index (κ3) is 6.59. The van der Waals surface area contributed by atoms with Gasteiger partial charge in [0.15, 0.2) is 0 Å². The zero-order valence-corrected chi connectivity index (χ0v) is 16.4. The highest BCUT2D eigenvalue weighted by molar-refractivity contribution is 5.85. The lowest BCUT2D eigenvalue weighted by Crippen LogP contribution is -2.38. The fourth-order valence-corrected chi connectivity index (χ4v) is 3.30. The van der Waals surface area contributed by atoms with Crippen LogP contribution in [0.15, 0.2) is 48.8 Å². The second-order valence-corrected chi connectivity index (χ2v) is 6.75. The molecule has 1 fully saturated rings. The van der Waals surface area contributed by atoms with Crippen LogP contribution in [0.1, 0.15) is 18.4 Å². The van der Waals surface area contributed by atoms with Gasteiger partial charge in [-0.2, -0.15) is 0 Å². The number of nitrogens with one attached hydrogen (secondary N) is 1. The van der Waals surface area contributed by atoms with Crippen molar-refractivity contribution >= 4 is 24.8 Å². The number of rotatable bonds is 7. The van der Waals surface area contributed by atoms with Crippen LogP contribution >= 0.6 is 24.8 Å². The van der Waals surface area contributed by atoms with Crippen molar-refractivity contribution in [3.8, 4) is 5.75 Å². The van der Waals surface area contributed by atoms with E-state index in [1.165, 1.54) is 12.1 Å². The van der Waals surface area contributed by atoms with E-state index in [2.05, 4.69) is 10.3 Å². The zero-order valence-electron chi connectivity index (χ0n) is 14.8. The van der Waals surface area contributed by atoms with Gasteiger partial charge in [-0.3, -0.25) is 4.98 Å². The van der Waals surface area contributed by atoms with Crippen LogP contribution in [0.3, 0.4) is 0 Å². The Balaban J connectivity index is 0.00000182. The van der Waals surface area contributed by atoms with Crippen LogP contribution in [-0.2, 0) is 6.54 Å². The van der Waals surface area contributed by atoms with E-state index in [1.807, 2.05) is 6.07 Å². The molecule has 1 saturated carbocycles. The molecule has 1 aliphatic rings. The molecular formula is C19H25Cl2FN2O3. The molecule has 0 saturated heterocycles. The number of halogens is 3. The number of hydrogen-bond acceptors (Lipinski definition) is 5. The van der Waals surface area contributed by atoms with E-state index in [1.54, 1.807) is 30.6 Å². The van der Waals surface area contributed by atoms with Gasteiger partial charge in [-0.05, 0) is 42.7 Å². The third-order valence-electron chi connectivity index (χ3n) is 4.65. The van der Waals surface area contributed by atoms with Crippen molar-refractivity contribution in [2.24, 2.45) is 5.41 Å². The Morgan fingerprint density at radius 1 is 1.11 bits per heavy atom. The minimum atomic E-state index is -0.745. The third-order valence-corrected chi connectivity index (χ3v) is 4.65. The maximum atomic E-state index is 13.0. The van der Waals surface area contributed by atoms with Crippen molar-refractivity contribution < 1.29 is 19.3 Å². The smallest absolute Gasteiger partial charge is 0.137 e. The van der Waals surface area contributed by atoms with Gasteiger partial charge in [-0.25, -0.2) is 4.39 Å². The summed E-state index contributed by atoms with van der Waals surface area (Å²) < 4.78 is 18.8. The molecule has 0 spiro atoms. The summed E-state index contributed by atoms with van der Waals surface area (Å²) in [5, 5.41) is 23.3. The van der Waals surface area contributed by atoms with E-state index < -0.39 is 12.2 Å². The second-order valence-electron chi connectivity index (χ2n) is 6.75. The monoisotopic (exact) mass is 418 g/mol. The van der Waals surface area contributed by atoms with Gasteiger partial charge < -0.3 is 20.3 Å². The van der Waals surface area contributed by atoms with E-state index in [0.29, 0.717) is 38.3 Å². The van der Waals surface area contributed by atoms with E-state index in [-0.39, 0.29) is 36.0 Å². The van der Waals surface area contributed by atoms with Crippen molar-refractivity contribution in [1.29, 1.82) is 0 Å². The van der Waals surface area contributed by atoms with Crippen LogP contribution in [-0.4, -0.2) is 40.6 Å². The van der Waals surface area contributed by atoms with Gasteiger partial charge in [0.2, 0.25) is 0 Å². The van der Waals surface area contributed by atoms with E-state index in [4.69, 9.17) is 4.74 Å². The summed E-state index contributed by atoms with van der Waals surface area (Å²) in [7, 11) is 0. The molecule has 3 atom stereocenters. The molecule has 0 aliphatic heterocycles. The van der Waals surface area contributed by atoms with Gasteiger partial charge in [-0.15, -0.1) is 24.8 Å². The Labute approximate surface area is 170 Å². The van der Waals surface area contributed by atoms with Crippen molar-refractivity contribution in [3.63, 3.8) is 0 Å². The minimum Gasteiger partial charge on any atom is -0.491 e. The van der Waals surface area contributed by atoms with Gasteiger partial charge in [0.25, 0.3) is 0 Å². The molecule has 1 aliphatic carbocycles. The highest BCUT2D eigenvalue weighted by Gasteiger charge is 2.44. The number of nitrogens with zero attached hydrogens (tertiary/aromatic N) is 1. The molecule has 0 amide bonds. The largest absolute Gasteiger partial charge is 0.491 e. The SMILES string of the molecule is Cl.Cl.O[C@@H]1CC(CNCc2ccc(F)cc2)(COc2cccnc2)C[C@@H]1O. The first-order chi connectivity index (χ1) is 12.1. The van der Waals surface area contributed by atoms with Crippen LogP contribution < -0.4 is 10.1 Å². The maximum absolute atomic E-state index is 13.0. The summed E-state index contributed by atoms with van der Waals surface area (Å²) in [6.07, 6.45) is 2.75. The quantitative estimate of drug-likeness (QED) is 0.644. The van der Waals surface area contributed by atoms with Gasteiger partial charge in [0, 0.05) is 24.7 Å². The average Bonchev–Trinajstić information content (AvgIpc) is 2.90. The molecule has 1 heterocycles. The van der Waals surface area contributed by atoms with Crippen LogP contribution in [0.5, 0.6) is 5.75 Å². The molecule has 150 valence electrons. The minimum absolute atomic E-state index is 0. The topological polar surface area (TPSA) is 74.6 Å². The maximum Gasteiger partial charge on any atom is 0.137 e. The molecule has 1 aromatic heterocycles. The average molecular weight is 419 g/mol. The van der Waals surface area contributed by atoms with Gasteiger partial charge in [-0.1, -0.05) is 12.1 Å². The van der Waals surface area contributed by atoms with Crippen molar-refractivity contribution in [2.45, 2.75) is 31.6 Å². The lowest BCUT2D eigenvalue weighted by molar-refractivity contribution is 0.0438. The normalized spacial score (nSPS) is 24.0. The van der Waals surface area contributed by atoms with Crippen LogP contribution in [0.25, 0.3) is 0 Å². The number of benzene rings is 1. The predicted octanol–water partition coefficient (Wildman–Crippen LogP) is 2.73. The summed E-state index contributed by atoms with van der Waals surface area (Å²) in [6.45, 7) is 1.54. The van der Waals surface area contributed by atoms with E-state index >= 15 is 0 Å². The molecule has 1 unspecified atom stereocenters. The Hall–Kier alpha value is -1.44. The lowest BCUT2D eigenvalue weighted by atomic mass is 9.86. The van der Waals surface area contributed by atoms with E-state index in [9.17, 15) is 14.6 Å². The fraction of sp³-hybridized carbons (Fsp3) is 0.421. The fourth-order valence-electron chi connectivity index (χ4n) is 3.30. The molecule has 5 nitrogen and oxygen atoms in total. The first-order valence-electron chi connectivity index (χ1n) is 8.40. The highest BCUT2D eigenvalue weighted by Crippen LogP contribution is 2.38. The molecule has 8 heteroatoms. The Morgan fingerprint density at radius 2 is 1.78 bits per heavy atom. The van der Waals surface area contributed by atoms with Gasteiger partial charge in [0.05, 0.1) is 25.0 Å². The Kier molecular flexibility index (Phi) is 9.42. The number of aliphatic hydroxyl groups excluding tert-OH is 2. The van der Waals surface area contributed by atoms with Crippen molar-refractivity contribution in [3.05, 3.63) is 60.2 Å². The molecule has 1 aromatic carbocycles. The first-order valence-corrected chi connectivity index (χ1v) is 8.40. The standard InChI is InChI=1S/C19H23FN2O3.2ClH/c20-15-5-3-14(4-6-15)10-22-12-19(8-17(23)18(24)9-19)13-25-16-2-1-7-21-11-16;;/h1-7,11,17-18,22-24H,8-10,12-13H2;2*1H/t17-,18+,19?;;. The van der Waals surface area contributed by atoms with Crippen molar-refractivity contribution in [1.82, 2.24) is 10.3 Å². The molecule has 0 bridgehead atoms. The Bertz CT molecular complexity index is 666. The number of aromatic nitrogens is 1. The molecule has 3 N–H and O–H groups in total. The summed E-state index contributed by atoms with van der Waals surface area (Å²) in [6, 6.07) is 9.96. The predicted molar refractivity (Wildman–Crippen MR) is 106 cm³/mol. The molecule has 2 aromatic rings. The van der Waals surface area contributed by atoms with Crippen molar-refractivity contribution in [2.75, 3.05) is 13.2 Å². The van der Waals surface area contributed by atoms with Crippen LogP contribution in [0.2, 0.25) is 0 Å². The number of aliphatic hydroxyl groups is 2. The lowest BCUT2D eigenvalue weighted by Gasteiger charge is -2.29. The molecule has 27 heavy (non-hydrogen) atoms. The second kappa shape index (κ2) is 10.8. The summed E-state index contributed by atoms with van der Waals surface area (Å²) in [4.78, 5) is 4.02.